The smallest absolute Gasteiger partial charge is 0.268 e. The maximum atomic E-state index is 12.3. The molecule has 0 N–H and O–H groups in total. The third-order valence-electron chi connectivity index (χ3n) is 3.74. The molecule has 2 aromatic rings. The monoisotopic (exact) mass is 286 g/mol. The van der Waals surface area contributed by atoms with Crippen LogP contribution in [0.1, 0.15) is 22.5 Å². The van der Waals surface area contributed by atoms with E-state index in [4.69, 9.17) is 0 Å². The first-order valence-electron chi connectivity index (χ1n) is 6.92. The van der Waals surface area contributed by atoms with Gasteiger partial charge in [0.2, 0.25) is 0 Å². The van der Waals surface area contributed by atoms with Crippen LogP contribution in [-0.4, -0.2) is 26.0 Å². The second-order valence-electron chi connectivity index (χ2n) is 5.05. The largest absolute Gasteiger partial charge is 0.372 e. The van der Waals surface area contributed by atoms with E-state index >= 15 is 0 Å². The summed E-state index contributed by atoms with van der Waals surface area (Å²) in [5, 5.41) is 1.93. The minimum absolute atomic E-state index is 0.0499. The quantitative estimate of drug-likeness (QED) is 0.860. The number of hydrogen-bond donors (Lipinski definition) is 0. The highest BCUT2D eigenvalue weighted by Crippen LogP contribution is 2.24. The number of nitrogens with zero attached hydrogens (tertiary/aromatic N) is 2. The van der Waals surface area contributed by atoms with Gasteiger partial charge in [0.25, 0.3) is 5.91 Å². The molecule has 4 heteroatoms. The van der Waals surface area contributed by atoms with Crippen molar-refractivity contribution in [2.75, 3.05) is 29.9 Å². The number of amides is 1. The van der Waals surface area contributed by atoms with E-state index in [-0.39, 0.29) is 5.91 Å². The van der Waals surface area contributed by atoms with E-state index in [0.717, 1.165) is 23.7 Å². The fraction of sp³-hybridized carbons (Fsp3) is 0.312. The van der Waals surface area contributed by atoms with Crippen molar-refractivity contribution in [3.8, 4) is 0 Å². The Bertz CT molecular complexity index is 571. The molecule has 1 fully saturated rings. The van der Waals surface area contributed by atoms with Crippen molar-refractivity contribution in [3.05, 3.63) is 46.7 Å². The highest BCUT2D eigenvalue weighted by Gasteiger charge is 2.16. The lowest BCUT2D eigenvalue weighted by Crippen LogP contribution is -2.25. The van der Waals surface area contributed by atoms with E-state index in [1.807, 2.05) is 36.7 Å². The molecule has 104 valence electrons. The zero-order valence-electron chi connectivity index (χ0n) is 11.6. The van der Waals surface area contributed by atoms with Crippen LogP contribution >= 0.6 is 11.3 Å². The molecule has 2 heterocycles. The van der Waals surface area contributed by atoms with Crippen molar-refractivity contribution >= 4 is 28.6 Å². The van der Waals surface area contributed by atoms with Crippen LogP contribution in [-0.2, 0) is 0 Å². The van der Waals surface area contributed by atoms with Crippen molar-refractivity contribution in [2.45, 2.75) is 12.8 Å². The van der Waals surface area contributed by atoms with E-state index in [1.165, 1.54) is 29.9 Å². The molecule has 1 aromatic heterocycles. The molecule has 0 spiro atoms. The number of rotatable bonds is 3. The molecule has 3 nitrogen and oxygen atoms in total. The van der Waals surface area contributed by atoms with Crippen LogP contribution in [0.25, 0.3) is 0 Å². The van der Waals surface area contributed by atoms with Crippen LogP contribution in [0.15, 0.2) is 41.8 Å². The summed E-state index contributed by atoms with van der Waals surface area (Å²) < 4.78 is 0. The van der Waals surface area contributed by atoms with Crippen LogP contribution in [0.4, 0.5) is 11.4 Å². The van der Waals surface area contributed by atoms with Gasteiger partial charge in [-0.15, -0.1) is 11.3 Å². The number of benzene rings is 1. The number of hydrogen-bond acceptors (Lipinski definition) is 3. The molecular formula is C16H18N2OS. The molecule has 1 amide bonds. The van der Waals surface area contributed by atoms with Crippen LogP contribution < -0.4 is 9.80 Å². The maximum absolute atomic E-state index is 12.3. The Morgan fingerprint density at radius 3 is 2.45 bits per heavy atom. The Balaban J connectivity index is 1.75. The van der Waals surface area contributed by atoms with E-state index in [1.54, 1.807) is 4.90 Å². The van der Waals surface area contributed by atoms with Crippen molar-refractivity contribution < 1.29 is 4.79 Å². The molecule has 1 aliphatic rings. The summed E-state index contributed by atoms with van der Waals surface area (Å²) in [6.07, 6.45) is 2.55. The molecule has 0 atom stereocenters. The SMILES string of the molecule is CN(C(=O)c1cccs1)c1ccc(N2CCCC2)cc1. The lowest BCUT2D eigenvalue weighted by molar-refractivity contribution is 0.0997. The van der Waals surface area contributed by atoms with Crippen molar-refractivity contribution in [2.24, 2.45) is 0 Å². The second kappa shape index (κ2) is 5.67. The number of carbonyl (C=O) groups excluding carboxylic acids is 1. The Kier molecular flexibility index (Phi) is 3.74. The summed E-state index contributed by atoms with van der Waals surface area (Å²) in [5.41, 5.74) is 2.19. The molecule has 20 heavy (non-hydrogen) atoms. The third kappa shape index (κ3) is 2.56. The van der Waals surface area contributed by atoms with Gasteiger partial charge in [0.1, 0.15) is 0 Å². The highest BCUT2D eigenvalue weighted by atomic mass is 32.1. The van der Waals surface area contributed by atoms with Crippen LogP contribution in [0.5, 0.6) is 0 Å². The topological polar surface area (TPSA) is 23.6 Å². The maximum Gasteiger partial charge on any atom is 0.268 e. The predicted octanol–water partition coefficient (Wildman–Crippen LogP) is 3.62. The summed E-state index contributed by atoms with van der Waals surface area (Å²) in [6.45, 7) is 2.28. The Morgan fingerprint density at radius 2 is 1.85 bits per heavy atom. The lowest BCUT2D eigenvalue weighted by atomic mass is 10.2. The highest BCUT2D eigenvalue weighted by molar-refractivity contribution is 7.12. The van der Waals surface area contributed by atoms with Crippen LogP contribution in [0, 0.1) is 0 Å². The first-order valence-corrected chi connectivity index (χ1v) is 7.80. The van der Waals surface area contributed by atoms with Gasteiger partial charge in [-0.2, -0.15) is 0 Å². The van der Waals surface area contributed by atoms with Crippen molar-refractivity contribution in [1.29, 1.82) is 0 Å². The van der Waals surface area contributed by atoms with E-state index in [9.17, 15) is 4.79 Å². The molecule has 0 bridgehead atoms. The summed E-state index contributed by atoms with van der Waals surface area (Å²) in [7, 11) is 1.83. The molecule has 1 aliphatic heterocycles. The van der Waals surface area contributed by atoms with E-state index < -0.39 is 0 Å². The summed E-state index contributed by atoms with van der Waals surface area (Å²) in [4.78, 5) is 17.1. The normalized spacial score (nSPS) is 14.6. The Labute approximate surface area is 123 Å². The summed E-state index contributed by atoms with van der Waals surface area (Å²) in [6, 6.07) is 12.0. The number of anilines is 2. The van der Waals surface area contributed by atoms with Gasteiger partial charge in [0, 0.05) is 31.5 Å². The molecule has 1 aromatic carbocycles. The summed E-state index contributed by atoms with van der Waals surface area (Å²) in [5.74, 6) is 0.0499. The fourth-order valence-electron chi connectivity index (χ4n) is 2.55. The first kappa shape index (κ1) is 13.2. The average molecular weight is 286 g/mol. The third-order valence-corrected chi connectivity index (χ3v) is 4.60. The second-order valence-corrected chi connectivity index (χ2v) is 6.00. The van der Waals surface area contributed by atoms with Crippen LogP contribution in [0.2, 0.25) is 0 Å². The van der Waals surface area contributed by atoms with E-state index in [2.05, 4.69) is 17.0 Å². The molecule has 3 rings (SSSR count). The zero-order chi connectivity index (χ0) is 13.9. The Hall–Kier alpha value is -1.81. The number of carbonyl (C=O) groups is 1. The van der Waals surface area contributed by atoms with Gasteiger partial charge < -0.3 is 9.80 Å². The van der Waals surface area contributed by atoms with Crippen LogP contribution in [0.3, 0.4) is 0 Å². The fourth-order valence-corrected chi connectivity index (χ4v) is 3.24. The minimum Gasteiger partial charge on any atom is -0.372 e. The molecular weight excluding hydrogens is 268 g/mol. The van der Waals surface area contributed by atoms with Gasteiger partial charge in [0.15, 0.2) is 0 Å². The minimum atomic E-state index is 0.0499. The average Bonchev–Trinajstić information content (AvgIpc) is 3.18. The van der Waals surface area contributed by atoms with Gasteiger partial charge in [-0.25, -0.2) is 0 Å². The van der Waals surface area contributed by atoms with Gasteiger partial charge in [-0.05, 0) is 48.6 Å². The van der Waals surface area contributed by atoms with E-state index in [0.29, 0.717) is 0 Å². The number of thiophene rings is 1. The first-order chi connectivity index (χ1) is 9.75. The molecule has 0 aliphatic carbocycles. The van der Waals surface area contributed by atoms with Gasteiger partial charge in [-0.1, -0.05) is 6.07 Å². The van der Waals surface area contributed by atoms with Gasteiger partial charge in [-0.3, -0.25) is 4.79 Å². The molecule has 0 saturated carbocycles. The predicted molar refractivity (Wildman–Crippen MR) is 84.9 cm³/mol. The lowest BCUT2D eigenvalue weighted by Gasteiger charge is -2.20. The Morgan fingerprint density at radius 1 is 1.15 bits per heavy atom. The van der Waals surface area contributed by atoms with Gasteiger partial charge in [0.05, 0.1) is 4.88 Å². The molecule has 1 saturated heterocycles. The standard InChI is InChI=1S/C16H18N2OS/c1-17(16(19)15-5-4-12-20-15)13-6-8-14(9-7-13)18-10-2-3-11-18/h4-9,12H,2-3,10-11H2,1H3. The van der Waals surface area contributed by atoms with Gasteiger partial charge >= 0.3 is 0 Å². The zero-order valence-corrected chi connectivity index (χ0v) is 12.4. The molecule has 0 unspecified atom stereocenters. The summed E-state index contributed by atoms with van der Waals surface area (Å²) >= 11 is 1.48. The van der Waals surface area contributed by atoms with Crippen molar-refractivity contribution in [1.82, 2.24) is 0 Å². The van der Waals surface area contributed by atoms with Crippen molar-refractivity contribution in [3.63, 3.8) is 0 Å². The molecule has 0 radical (unpaired) electrons.